The molecule has 1 aliphatic carbocycles. The van der Waals surface area contributed by atoms with Crippen LogP contribution in [0.5, 0.6) is 0 Å². The van der Waals surface area contributed by atoms with Crippen LogP contribution in [0.3, 0.4) is 0 Å². The first-order valence-electron chi connectivity index (χ1n) is 10.5. The normalized spacial score (nSPS) is 14.7. The van der Waals surface area contributed by atoms with Crippen molar-refractivity contribution in [3.63, 3.8) is 0 Å². The van der Waals surface area contributed by atoms with E-state index in [-0.39, 0.29) is 10.6 Å². The maximum Gasteiger partial charge on any atom is 0.293 e. The van der Waals surface area contributed by atoms with E-state index in [4.69, 9.17) is 0 Å². The SMILES string of the molecule is O=C(CN(c1ccccc1[N+](=O)[O-])S(=O)(=O)c1ccccc1)NN=C1CCCCCCC1. The number of hydrogen-bond donors (Lipinski definition) is 1. The minimum Gasteiger partial charge on any atom is -0.271 e. The standard InChI is InChI=1S/C22H26N4O5S/c27-22(24-23-18-11-5-2-1-3-6-12-18)17-25(20-15-9-10-16-21(20)26(28)29)32(30,31)19-13-7-4-8-14-19/h4,7-10,13-16H,1-3,5-6,11-12,17H2,(H,24,27). The van der Waals surface area contributed by atoms with Gasteiger partial charge in [-0.2, -0.15) is 5.10 Å². The van der Waals surface area contributed by atoms with Crippen LogP contribution in [0.25, 0.3) is 0 Å². The number of nitro benzene ring substituents is 1. The van der Waals surface area contributed by atoms with Crippen molar-refractivity contribution >= 4 is 33.0 Å². The number of nitrogens with one attached hydrogen (secondary N) is 1. The highest BCUT2D eigenvalue weighted by Crippen LogP contribution is 2.31. The van der Waals surface area contributed by atoms with Gasteiger partial charge in [-0.1, -0.05) is 49.6 Å². The number of sulfonamides is 1. The summed E-state index contributed by atoms with van der Waals surface area (Å²) in [5.41, 5.74) is 2.73. The molecule has 2 aromatic rings. The van der Waals surface area contributed by atoms with Crippen molar-refractivity contribution in [1.29, 1.82) is 0 Å². The van der Waals surface area contributed by atoms with Crippen LogP contribution in [0, 0.1) is 10.1 Å². The highest BCUT2D eigenvalue weighted by molar-refractivity contribution is 7.92. The van der Waals surface area contributed by atoms with Gasteiger partial charge in [0.2, 0.25) is 0 Å². The second-order valence-electron chi connectivity index (χ2n) is 7.55. The lowest BCUT2D eigenvalue weighted by molar-refractivity contribution is -0.384. The molecule has 0 aromatic heterocycles. The first-order chi connectivity index (χ1) is 15.4. The molecule has 1 N–H and O–H groups in total. The summed E-state index contributed by atoms with van der Waals surface area (Å²) in [5, 5.41) is 15.7. The summed E-state index contributed by atoms with van der Waals surface area (Å²) in [6.07, 6.45) is 7.01. The number of hydrazone groups is 1. The van der Waals surface area contributed by atoms with Crippen molar-refractivity contribution < 1.29 is 18.1 Å². The number of carbonyl (C=O) groups is 1. The summed E-state index contributed by atoms with van der Waals surface area (Å²) in [4.78, 5) is 23.5. The largest absolute Gasteiger partial charge is 0.293 e. The molecule has 0 spiro atoms. The van der Waals surface area contributed by atoms with Gasteiger partial charge in [-0.15, -0.1) is 0 Å². The van der Waals surface area contributed by atoms with Gasteiger partial charge in [-0.3, -0.25) is 14.9 Å². The summed E-state index contributed by atoms with van der Waals surface area (Å²) in [7, 11) is -4.24. The van der Waals surface area contributed by atoms with Crippen molar-refractivity contribution in [3.05, 3.63) is 64.7 Å². The number of amides is 1. The molecule has 0 radical (unpaired) electrons. The van der Waals surface area contributed by atoms with Crippen LogP contribution >= 0.6 is 0 Å². The Morgan fingerprint density at radius 3 is 2.22 bits per heavy atom. The molecule has 0 saturated heterocycles. The van der Waals surface area contributed by atoms with Crippen LogP contribution in [-0.4, -0.2) is 31.5 Å². The molecule has 0 atom stereocenters. The Morgan fingerprint density at radius 2 is 1.56 bits per heavy atom. The van der Waals surface area contributed by atoms with E-state index >= 15 is 0 Å². The van der Waals surface area contributed by atoms with Crippen LogP contribution in [0.15, 0.2) is 64.6 Å². The molecule has 1 aliphatic rings. The van der Waals surface area contributed by atoms with E-state index in [0.29, 0.717) is 0 Å². The number of anilines is 1. The van der Waals surface area contributed by atoms with Crippen LogP contribution < -0.4 is 9.73 Å². The monoisotopic (exact) mass is 458 g/mol. The van der Waals surface area contributed by atoms with Crippen molar-refractivity contribution in [2.24, 2.45) is 5.10 Å². The second kappa shape index (κ2) is 10.9. The van der Waals surface area contributed by atoms with Crippen molar-refractivity contribution in [2.45, 2.75) is 49.8 Å². The van der Waals surface area contributed by atoms with E-state index in [1.165, 1.54) is 42.8 Å². The van der Waals surface area contributed by atoms with Crippen molar-refractivity contribution in [1.82, 2.24) is 5.43 Å². The Balaban J connectivity index is 1.90. The third-order valence-corrected chi connectivity index (χ3v) is 7.01. The molecule has 9 nitrogen and oxygen atoms in total. The summed E-state index contributed by atoms with van der Waals surface area (Å²) in [6.45, 7) is -0.640. The average Bonchev–Trinajstić information content (AvgIpc) is 2.77. The van der Waals surface area contributed by atoms with Gasteiger partial charge in [0.05, 0.1) is 9.82 Å². The zero-order valence-electron chi connectivity index (χ0n) is 17.6. The molecule has 0 unspecified atom stereocenters. The predicted molar refractivity (Wildman–Crippen MR) is 122 cm³/mol. The number of carbonyl (C=O) groups excluding carboxylic acids is 1. The molecule has 0 heterocycles. The lowest BCUT2D eigenvalue weighted by Crippen LogP contribution is -2.40. The number of hydrogen-bond acceptors (Lipinski definition) is 6. The fourth-order valence-electron chi connectivity index (χ4n) is 3.58. The number of benzene rings is 2. The Labute approximate surface area is 187 Å². The first-order valence-corrected chi connectivity index (χ1v) is 12.0. The van der Waals surface area contributed by atoms with Gasteiger partial charge in [-0.05, 0) is 43.9 Å². The predicted octanol–water partition coefficient (Wildman–Crippen LogP) is 4.01. The summed E-state index contributed by atoms with van der Waals surface area (Å²) in [6, 6.07) is 13.0. The van der Waals surface area contributed by atoms with Crippen molar-refractivity contribution in [3.8, 4) is 0 Å². The van der Waals surface area contributed by atoms with E-state index < -0.39 is 33.1 Å². The Morgan fingerprint density at radius 1 is 0.969 bits per heavy atom. The number of para-hydroxylation sites is 2. The summed E-state index contributed by atoms with van der Waals surface area (Å²) in [5.74, 6) is -0.669. The molecule has 1 fully saturated rings. The molecular formula is C22H26N4O5S. The zero-order chi connectivity index (χ0) is 23.0. The maximum absolute atomic E-state index is 13.3. The molecule has 1 saturated carbocycles. The van der Waals surface area contributed by atoms with Gasteiger partial charge in [0.15, 0.2) is 0 Å². The average molecular weight is 459 g/mol. The Kier molecular flexibility index (Phi) is 7.93. The topological polar surface area (TPSA) is 122 Å². The third kappa shape index (κ3) is 5.91. The van der Waals surface area contributed by atoms with Gasteiger partial charge in [0.1, 0.15) is 12.2 Å². The van der Waals surface area contributed by atoms with Gasteiger partial charge >= 0.3 is 0 Å². The van der Waals surface area contributed by atoms with E-state index in [0.717, 1.165) is 48.5 Å². The Bertz CT molecular complexity index is 1080. The molecule has 2 aromatic carbocycles. The van der Waals surface area contributed by atoms with E-state index in [1.807, 2.05) is 0 Å². The molecule has 170 valence electrons. The quantitative estimate of drug-likeness (QED) is 0.496. The van der Waals surface area contributed by atoms with Crippen molar-refractivity contribution in [2.75, 3.05) is 10.8 Å². The van der Waals surface area contributed by atoms with Gasteiger partial charge in [0, 0.05) is 11.8 Å². The fraction of sp³-hybridized carbons (Fsp3) is 0.364. The summed E-state index contributed by atoms with van der Waals surface area (Å²) >= 11 is 0. The third-order valence-electron chi connectivity index (χ3n) is 5.23. The maximum atomic E-state index is 13.3. The fourth-order valence-corrected chi connectivity index (χ4v) is 5.04. The van der Waals surface area contributed by atoms with Crippen LogP contribution in [0.1, 0.15) is 44.9 Å². The second-order valence-corrected chi connectivity index (χ2v) is 9.41. The highest BCUT2D eigenvalue weighted by atomic mass is 32.2. The van der Waals surface area contributed by atoms with Crippen LogP contribution in [-0.2, 0) is 14.8 Å². The van der Waals surface area contributed by atoms with E-state index in [1.54, 1.807) is 18.2 Å². The van der Waals surface area contributed by atoms with Gasteiger partial charge in [-0.25, -0.2) is 18.1 Å². The molecule has 32 heavy (non-hydrogen) atoms. The Hall–Kier alpha value is -3.27. The minimum atomic E-state index is -4.24. The molecular weight excluding hydrogens is 432 g/mol. The molecule has 0 bridgehead atoms. The van der Waals surface area contributed by atoms with Gasteiger partial charge < -0.3 is 0 Å². The highest BCUT2D eigenvalue weighted by Gasteiger charge is 2.31. The molecule has 0 aliphatic heterocycles. The molecule has 3 rings (SSSR count). The molecule has 1 amide bonds. The van der Waals surface area contributed by atoms with E-state index in [9.17, 15) is 23.3 Å². The van der Waals surface area contributed by atoms with Crippen LogP contribution in [0.2, 0.25) is 0 Å². The number of nitro groups is 1. The van der Waals surface area contributed by atoms with Gasteiger partial charge in [0.25, 0.3) is 21.6 Å². The first kappa shape index (κ1) is 23.4. The lowest BCUT2D eigenvalue weighted by Gasteiger charge is -2.23. The number of nitrogens with zero attached hydrogens (tertiary/aromatic N) is 3. The van der Waals surface area contributed by atoms with E-state index in [2.05, 4.69) is 10.5 Å². The zero-order valence-corrected chi connectivity index (χ0v) is 18.5. The molecule has 10 heteroatoms. The smallest absolute Gasteiger partial charge is 0.271 e. The number of rotatable bonds is 7. The minimum absolute atomic E-state index is 0.0720. The lowest BCUT2D eigenvalue weighted by atomic mass is 9.99. The summed E-state index contributed by atoms with van der Waals surface area (Å²) < 4.78 is 27.4. The van der Waals surface area contributed by atoms with Crippen LogP contribution in [0.4, 0.5) is 11.4 Å².